The highest BCUT2D eigenvalue weighted by atomic mass is 16.1. The van der Waals surface area contributed by atoms with Gasteiger partial charge in [-0.1, -0.05) is 13.8 Å². The summed E-state index contributed by atoms with van der Waals surface area (Å²) >= 11 is 0. The van der Waals surface area contributed by atoms with Gasteiger partial charge in [0.2, 0.25) is 0 Å². The van der Waals surface area contributed by atoms with Gasteiger partial charge >= 0.3 is 0 Å². The van der Waals surface area contributed by atoms with E-state index in [0.29, 0.717) is 29.4 Å². The van der Waals surface area contributed by atoms with Gasteiger partial charge in [0.15, 0.2) is 5.65 Å². The monoisotopic (exact) mass is 410 g/mol. The first-order chi connectivity index (χ1) is 14.3. The molecule has 160 valence electrons. The third-order valence-corrected chi connectivity index (χ3v) is 4.91. The highest BCUT2D eigenvalue weighted by molar-refractivity contribution is 6.42. The zero-order valence-electron chi connectivity index (χ0n) is 18.3. The predicted octanol–water partition coefficient (Wildman–Crippen LogP) is 2.32. The number of rotatable bonds is 7. The molecule has 0 bridgehead atoms. The normalized spacial score (nSPS) is 17.8. The van der Waals surface area contributed by atoms with E-state index in [2.05, 4.69) is 56.1 Å². The number of carbonyl (C=O) groups is 1. The number of aliphatic imine (C=N–C) groups is 2. The summed E-state index contributed by atoms with van der Waals surface area (Å²) in [6.45, 7) is 15.1. The Morgan fingerprint density at radius 1 is 1.33 bits per heavy atom. The van der Waals surface area contributed by atoms with Crippen molar-refractivity contribution in [3.63, 3.8) is 0 Å². The summed E-state index contributed by atoms with van der Waals surface area (Å²) in [4.78, 5) is 31.9. The van der Waals surface area contributed by atoms with Crippen molar-refractivity contribution in [1.29, 1.82) is 0 Å². The minimum Gasteiger partial charge on any atom is -0.354 e. The zero-order valence-corrected chi connectivity index (χ0v) is 18.3. The Kier molecular flexibility index (Phi) is 6.61. The first-order valence-electron chi connectivity index (χ1n) is 10.1. The number of amides is 1. The van der Waals surface area contributed by atoms with Gasteiger partial charge in [-0.3, -0.25) is 9.79 Å². The molecule has 0 saturated carbocycles. The average Bonchev–Trinajstić information content (AvgIpc) is 3.27. The highest BCUT2D eigenvalue weighted by Gasteiger charge is 2.24. The van der Waals surface area contributed by atoms with Crippen LogP contribution in [0.25, 0.3) is 5.65 Å². The van der Waals surface area contributed by atoms with Crippen LogP contribution >= 0.6 is 0 Å². The first-order valence-corrected chi connectivity index (χ1v) is 10.1. The van der Waals surface area contributed by atoms with Crippen molar-refractivity contribution >= 4 is 29.8 Å². The number of hydrogen-bond acceptors (Lipinski definition) is 7. The minimum absolute atomic E-state index is 0.313. The molecule has 1 saturated heterocycles. The summed E-state index contributed by atoms with van der Waals surface area (Å²) in [6.07, 6.45) is 6.27. The van der Waals surface area contributed by atoms with Gasteiger partial charge in [-0.25, -0.2) is 15.0 Å². The zero-order chi connectivity index (χ0) is 21.8. The van der Waals surface area contributed by atoms with Crippen molar-refractivity contribution in [2.45, 2.75) is 53.1 Å². The molecule has 0 spiro atoms. The van der Waals surface area contributed by atoms with Crippen molar-refractivity contribution in [3.8, 4) is 0 Å². The van der Waals surface area contributed by atoms with Gasteiger partial charge in [0.1, 0.15) is 17.4 Å². The number of hydrogen-bond donors (Lipinski definition) is 2. The van der Waals surface area contributed by atoms with Gasteiger partial charge in [0, 0.05) is 31.4 Å². The van der Waals surface area contributed by atoms with E-state index in [1.165, 1.54) is 0 Å². The third kappa shape index (κ3) is 5.10. The second-order valence-corrected chi connectivity index (χ2v) is 7.89. The molecule has 30 heavy (non-hydrogen) atoms. The van der Waals surface area contributed by atoms with Gasteiger partial charge in [-0.15, -0.1) is 0 Å². The molecular weight excluding hydrogens is 380 g/mol. The molecule has 0 radical (unpaired) electrons. The summed E-state index contributed by atoms with van der Waals surface area (Å²) in [5, 5.41) is 6.33. The van der Waals surface area contributed by atoms with Gasteiger partial charge in [0.05, 0.1) is 23.8 Å². The Balaban J connectivity index is 1.68. The topological polar surface area (TPSA) is 99.3 Å². The lowest BCUT2D eigenvalue weighted by atomic mass is 10.2. The van der Waals surface area contributed by atoms with Gasteiger partial charge in [0.25, 0.3) is 5.91 Å². The summed E-state index contributed by atoms with van der Waals surface area (Å²) in [5.41, 5.74) is 2.72. The number of carbonyl (C=O) groups excluding carboxylic acids is 1. The molecule has 1 unspecified atom stereocenters. The Bertz CT molecular complexity index is 1000. The quantitative estimate of drug-likeness (QED) is 0.683. The van der Waals surface area contributed by atoms with Crippen LogP contribution in [0.3, 0.4) is 0 Å². The number of nitrogens with zero attached hydrogens (tertiary/aromatic N) is 6. The molecule has 1 amide bonds. The van der Waals surface area contributed by atoms with Crippen molar-refractivity contribution < 1.29 is 4.79 Å². The smallest absolute Gasteiger partial charge is 0.270 e. The maximum atomic E-state index is 12.6. The number of aryl methyl sites for hydroxylation is 2. The summed E-state index contributed by atoms with van der Waals surface area (Å²) in [6, 6.07) is 0.852. The Morgan fingerprint density at radius 3 is 2.80 bits per heavy atom. The van der Waals surface area contributed by atoms with E-state index in [9.17, 15) is 4.79 Å². The number of likely N-dealkylation sites (tertiary alicyclic amines) is 1. The minimum atomic E-state index is -0.321. The fourth-order valence-corrected chi connectivity index (χ4v) is 3.55. The number of imidazole rings is 1. The lowest BCUT2D eigenvalue weighted by Gasteiger charge is -2.19. The first kappa shape index (κ1) is 21.6. The van der Waals surface area contributed by atoms with Crippen molar-refractivity contribution in [1.82, 2.24) is 24.6 Å². The second kappa shape index (κ2) is 9.17. The maximum absolute atomic E-state index is 12.6. The Hall–Kier alpha value is -3.07. The van der Waals surface area contributed by atoms with E-state index in [1.54, 1.807) is 19.3 Å². The van der Waals surface area contributed by atoms with E-state index < -0.39 is 0 Å². The molecule has 3 heterocycles. The van der Waals surface area contributed by atoms with Gasteiger partial charge in [-0.2, -0.15) is 0 Å². The Morgan fingerprint density at radius 2 is 2.10 bits per heavy atom. The van der Waals surface area contributed by atoms with Crippen LogP contribution in [0.4, 0.5) is 5.82 Å². The van der Waals surface area contributed by atoms with Crippen LogP contribution in [0.15, 0.2) is 34.4 Å². The average molecular weight is 411 g/mol. The van der Waals surface area contributed by atoms with Crippen LogP contribution in [0, 0.1) is 13.8 Å². The van der Waals surface area contributed by atoms with Crippen molar-refractivity contribution in [3.05, 3.63) is 35.8 Å². The van der Waals surface area contributed by atoms with Crippen molar-refractivity contribution in [2.75, 3.05) is 18.4 Å². The van der Waals surface area contributed by atoms with Crippen LogP contribution in [-0.2, 0) is 4.79 Å². The van der Waals surface area contributed by atoms with Crippen LogP contribution < -0.4 is 10.6 Å². The predicted molar refractivity (Wildman–Crippen MR) is 120 cm³/mol. The lowest BCUT2D eigenvalue weighted by molar-refractivity contribution is -0.110. The molecule has 2 N–H and O–H groups in total. The molecule has 1 fully saturated rings. The standard InChI is InChI=1S/C21H30N8O/c1-13(2)24-17-7-8-28(11-17)19(22-6)9-23-16(5)21(30)27-18-12-29-10-14(3)25-20(29)15(4)26-18/h9-10,12-13,17,24H,6-8,11H2,1-5H3,(H,27,30)/b19-9+,23-16+. The largest absolute Gasteiger partial charge is 0.354 e. The van der Waals surface area contributed by atoms with Crippen LogP contribution in [-0.4, -0.2) is 62.8 Å². The molecule has 1 aliphatic heterocycles. The fraction of sp³-hybridized carbons (Fsp3) is 0.476. The second-order valence-electron chi connectivity index (χ2n) is 7.89. The van der Waals surface area contributed by atoms with Crippen LogP contribution in [0.5, 0.6) is 0 Å². The summed E-state index contributed by atoms with van der Waals surface area (Å²) in [5.74, 6) is 0.795. The third-order valence-electron chi connectivity index (χ3n) is 4.91. The number of fused-ring (bicyclic) bond motifs is 1. The number of aromatic nitrogens is 3. The molecule has 3 rings (SSSR count). The van der Waals surface area contributed by atoms with E-state index in [4.69, 9.17) is 0 Å². The maximum Gasteiger partial charge on any atom is 0.270 e. The summed E-state index contributed by atoms with van der Waals surface area (Å²) < 4.78 is 1.86. The molecule has 1 atom stereocenters. The molecule has 2 aromatic heterocycles. The molecular formula is C21H30N8O. The Labute approximate surface area is 177 Å². The van der Waals surface area contributed by atoms with Crippen LogP contribution in [0.1, 0.15) is 38.6 Å². The molecule has 2 aromatic rings. The summed E-state index contributed by atoms with van der Waals surface area (Å²) in [7, 11) is 0. The van der Waals surface area contributed by atoms with Crippen molar-refractivity contribution in [2.24, 2.45) is 9.98 Å². The van der Waals surface area contributed by atoms with Crippen LogP contribution in [0.2, 0.25) is 0 Å². The lowest BCUT2D eigenvalue weighted by Crippen LogP contribution is -2.36. The molecule has 9 heteroatoms. The van der Waals surface area contributed by atoms with Gasteiger partial charge < -0.3 is 19.9 Å². The van der Waals surface area contributed by atoms with Gasteiger partial charge in [-0.05, 0) is 33.9 Å². The molecule has 9 nitrogen and oxygen atoms in total. The number of anilines is 1. The van der Waals surface area contributed by atoms with E-state index in [-0.39, 0.29) is 5.91 Å². The molecule has 0 aliphatic carbocycles. The van der Waals surface area contributed by atoms with E-state index in [1.807, 2.05) is 24.4 Å². The van der Waals surface area contributed by atoms with E-state index >= 15 is 0 Å². The number of nitrogens with one attached hydrogen (secondary N) is 2. The molecule has 1 aliphatic rings. The van der Waals surface area contributed by atoms with E-state index in [0.717, 1.165) is 36.5 Å². The fourth-order valence-electron chi connectivity index (χ4n) is 3.55. The highest BCUT2D eigenvalue weighted by Crippen LogP contribution is 2.17. The molecule has 0 aromatic carbocycles. The SMILES string of the molecule is C=N/C(=C\N=C(/C)C(=O)Nc1cn2cc(C)nc2c(C)n1)N1CCC(NC(C)C)C1.